The topological polar surface area (TPSA) is 61.5 Å². The molecule has 0 saturated heterocycles. The van der Waals surface area contributed by atoms with E-state index < -0.39 is 5.97 Å². The maximum atomic E-state index is 11.8. The van der Waals surface area contributed by atoms with Crippen molar-refractivity contribution in [3.8, 4) is 11.5 Å². The number of hydrogen-bond acceptors (Lipinski definition) is 4. The third kappa shape index (κ3) is 3.55. The minimum absolute atomic E-state index is 0.267. The van der Waals surface area contributed by atoms with E-state index in [1.165, 1.54) is 0 Å². The summed E-state index contributed by atoms with van der Waals surface area (Å²) in [6, 6.07) is 10.8. The van der Waals surface area contributed by atoms with Crippen LogP contribution in [0.1, 0.15) is 22.8 Å². The molecule has 0 aliphatic carbocycles. The Hall–Kier alpha value is -2.01. The van der Waals surface area contributed by atoms with E-state index in [-0.39, 0.29) is 5.69 Å². The monoisotopic (exact) mass is 349 g/mol. The van der Waals surface area contributed by atoms with Gasteiger partial charge in [0.2, 0.25) is 0 Å². The highest BCUT2D eigenvalue weighted by Crippen LogP contribution is 2.34. The van der Waals surface area contributed by atoms with Gasteiger partial charge < -0.3 is 15.2 Å². The molecule has 0 aliphatic rings. The second-order valence-corrected chi connectivity index (χ2v) is 5.33. The quantitative estimate of drug-likeness (QED) is 0.659. The van der Waals surface area contributed by atoms with E-state index in [1.54, 1.807) is 25.1 Å². The minimum atomic E-state index is -0.455. The van der Waals surface area contributed by atoms with Crippen LogP contribution in [0.15, 0.2) is 40.9 Å². The number of esters is 1. The van der Waals surface area contributed by atoms with Crippen LogP contribution >= 0.6 is 15.9 Å². The molecule has 0 atom stereocenters. The number of anilines is 1. The number of nitrogen functional groups attached to an aromatic ring is 1. The molecule has 2 rings (SSSR count). The molecule has 2 aromatic carbocycles. The second kappa shape index (κ2) is 6.63. The van der Waals surface area contributed by atoms with Crippen LogP contribution in [0.25, 0.3) is 0 Å². The first kappa shape index (κ1) is 15.4. The molecule has 0 heterocycles. The number of ether oxygens (including phenoxy) is 2. The van der Waals surface area contributed by atoms with Crippen LogP contribution in [0, 0.1) is 6.92 Å². The standard InChI is InChI=1S/C16H16BrNO3/c1-3-20-16(19)11-5-4-6-14(15(11)18)21-13-8-7-10(2)9-12(13)17/h4-9H,3,18H2,1-2H3. The number of para-hydroxylation sites is 1. The largest absolute Gasteiger partial charge is 0.462 e. The summed E-state index contributed by atoms with van der Waals surface area (Å²) >= 11 is 3.44. The average Bonchev–Trinajstić information content (AvgIpc) is 2.44. The van der Waals surface area contributed by atoms with Crippen molar-refractivity contribution in [1.29, 1.82) is 0 Å². The molecule has 0 amide bonds. The lowest BCUT2D eigenvalue weighted by atomic mass is 10.1. The van der Waals surface area contributed by atoms with E-state index in [1.807, 2.05) is 25.1 Å². The normalized spacial score (nSPS) is 10.2. The third-order valence-electron chi connectivity index (χ3n) is 2.87. The van der Waals surface area contributed by atoms with Gasteiger partial charge in [-0.05, 0) is 59.6 Å². The number of aryl methyl sites for hydroxylation is 1. The fourth-order valence-electron chi connectivity index (χ4n) is 1.83. The Balaban J connectivity index is 2.32. The Bertz CT molecular complexity index is 671. The molecular weight excluding hydrogens is 334 g/mol. The molecule has 0 saturated carbocycles. The molecule has 21 heavy (non-hydrogen) atoms. The van der Waals surface area contributed by atoms with Gasteiger partial charge in [0.05, 0.1) is 22.3 Å². The van der Waals surface area contributed by atoms with E-state index >= 15 is 0 Å². The van der Waals surface area contributed by atoms with Gasteiger partial charge in [-0.25, -0.2) is 4.79 Å². The summed E-state index contributed by atoms with van der Waals surface area (Å²) in [6.45, 7) is 4.04. The van der Waals surface area contributed by atoms with Crippen LogP contribution < -0.4 is 10.5 Å². The van der Waals surface area contributed by atoms with Gasteiger partial charge in [-0.2, -0.15) is 0 Å². The van der Waals surface area contributed by atoms with Gasteiger partial charge in [-0.1, -0.05) is 12.1 Å². The van der Waals surface area contributed by atoms with Crippen LogP contribution in [0.2, 0.25) is 0 Å². The fourth-order valence-corrected chi connectivity index (χ4v) is 2.40. The first-order valence-electron chi connectivity index (χ1n) is 6.52. The van der Waals surface area contributed by atoms with E-state index in [0.717, 1.165) is 10.0 Å². The summed E-state index contributed by atoms with van der Waals surface area (Å²) < 4.78 is 11.6. The van der Waals surface area contributed by atoms with Crippen molar-refractivity contribution in [2.24, 2.45) is 0 Å². The van der Waals surface area contributed by atoms with Gasteiger partial charge in [0.25, 0.3) is 0 Å². The maximum absolute atomic E-state index is 11.8. The minimum Gasteiger partial charge on any atom is -0.462 e. The molecule has 0 aromatic heterocycles. The van der Waals surface area contributed by atoms with Crippen molar-refractivity contribution in [3.05, 3.63) is 52.0 Å². The molecule has 2 aromatic rings. The summed E-state index contributed by atoms with van der Waals surface area (Å²) in [6.07, 6.45) is 0. The lowest BCUT2D eigenvalue weighted by Gasteiger charge is -2.13. The number of carbonyl (C=O) groups is 1. The highest BCUT2D eigenvalue weighted by atomic mass is 79.9. The number of benzene rings is 2. The average molecular weight is 350 g/mol. The Morgan fingerprint density at radius 1 is 1.24 bits per heavy atom. The number of rotatable bonds is 4. The molecule has 0 unspecified atom stereocenters. The number of halogens is 1. The zero-order chi connectivity index (χ0) is 15.4. The highest BCUT2D eigenvalue weighted by molar-refractivity contribution is 9.10. The van der Waals surface area contributed by atoms with Crippen molar-refractivity contribution < 1.29 is 14.3 Å². The molecular formula is C16H16BrNO3. The Morgan fingerprint density at radius 3 is 2.67 bits per heavy atom. The van der Waals surface area contributed by atoms with E-state index in [9.17, 15) is 4.79 Å². The van der Waals surface area contributed by atoms with Crippen molar-refractivity contribution in [3.63, 3.8) is 0 Å². The molecule has 0 aliphatic heterocycles. The maximum Gasteiger partial charge on any atom is 0.340 e. The predicted octanol–water partition coefficient (Wildman–Crippen LogP) is 4.31. The molecule has 0 radical (unpaired) electrons. The smallest absolute Gasteiger partial charge is 0.340 e. The zero-order valence-corrected chi connectivity index (χ0v) is 13.4. The SMILES string of the molecule is CCOC(=O)c1cccc(Oc2ccc(C)cc2Br)c1N. The van der Waals surface area contributed by atoms with Gasteiger partial charge in [0.15, 0.2) is 5.75 Å². The van der Waals surface area contributed by atoms with Crippen LogP contribution in [0.4, 0.5) is 5.69 Å². The van der Waals surface area contributed by atoms with Crippen molar-refractivity contribution in [2.45, 2.75) is 13.8 Å². The van der Waals surface area contributed by atoms with Crippen LogP contribution in [0.5, 0.6) is 11.5 Å². The summed E-state index contributed by atoms with van der Waals surface area (Å²) in [5.41, 5.74) is 7.68. The Kier molecular flexibility index (Phi) is 4.85. The van der Waals surface area contributed by atoms with Gasteiger partial charge in [0, 0.05) is 0 Å². The molecule has 0 fully saturated rings. The van der Waals surface area contributed by atoms with Crippen molar-refractivity contribution >= 4 is 27.6 Å². The van der Waals surface area contributed by atoms with Gasteiger partial charge in [-0.3, -0.25) is 0 Å². The zero-order valence-electron chi connectivity index (χ0n) is 11.9. The van der Waals surface area contributed by atoms with Crippen molar-refractivity contribution in [2.75, 3.05) is 12.3 Å². The van der Waals surface area contributed by atoms with Crippen LogP contribution in [0.3, 0.4) is 0 Å². The lowest BCUT2D eigenvalue weighted by Crippen LogP contribution is -2.08. The van der Waals surface area contributed by atoms with E-state index in [2.05, 4.69) is 15.9 Å². The van der Waals surface area contributed by atoms with E-state index in [0.29, 0.717) is 23.7 Å². The Labute approximate surface area is 132 Å². The Morgan fingerprint density at radius 2 is 2.00 bits per heavy atom. The predicted molar refractivity (Wildman–Crippen MR) is 85.8 cm³/mol. The number of hydrogen-bond donors (Lipinski definition) is 1. The summed E-state index contributed by atoms with van der Waals surface area (Å²) in [4.78, 5) is 11.8. The first-order chi connectivity index (χ1) is 10.0. The summed E-state index contributed by atoms with van der Waals surface area (Å²) in [7, 11) is 0. The number of nitrogens with two attached hydrogens (primary N) is 1. The van der Waals surface area contributed by atoms with Crippen LogP contribution in [-0.4, -0.2) is 12.6 Å². The van der Waals surface area contributed by atoms with Gasteiger partial charge in [0.1, 0.15) is 5.75 Å². The molecule has 5 heteroatoms. The second-order valence-electron chi connectivity index (χ2n) is 4.47. The van der Waals surface area contributed by atoms with Gasteiger partial charge >= 0.3 is 5.97 Å². The first-order valence-corrected chi connectivity index (χ1v) is 7.31. The summed E-state index contributed by atoms with van der Waals surface area (Å²) in [5, 5.41) is 0. The molecule has 4 nitrogen and oxygen atoms in total. The number of carbonyl (C=O) groups excluding carboxylic acids is 1. The lowest BCUT2D eigenvalue weighted by molar-refractivity contribution is 0.0527. The fraction of sp³-hybridized carbons (Fsp3) is 0.188. The van der Waals surface area contributed by atoms with Crippen LogP contribution in [-0.2, 0) is 4.74 Å². The molecule has 110 valence electrons. The van der Waals surface area contributed by atoms with Crippen molar-refractivity contribution in [1.82, 2.24) is 0 Å². The molecule has 0 bridgehead atoms. The molecule has 2 N–H and O–H groups in total. The summed E-state index contributed by atoms with van der Waals surface area (Å²) in [5.74, 6) is 0.599. The van der Waals surface area contributed by atoms with Gasteiger partial charge in [-0.15, -0.1) is 0 Å². The third-order valence-corrected chi connectivity index (χ3v) is 3.49. The highest BCUT2D eigenvalue weighted by Gasteiger charge is 2.15. The van der Waals surface area contributed by atoms with E-state index in [4.69, 9.17) is 15.2 Å². The molecule has 0 spiro atoms.